The van der Waals surface area contributed by atoms with Crippen molar-refractivity contribution in [2.75, 3.05) is 13.6 Å². The van der Waals surface area contributed by atoms with Gasteiger partial charge in [0.05, 0.1) is 5.56 Å². The highest BCUT2D eigenvalue weighted by atomic mass is 16.3. The quantitative estimate of drug-likeness (QED) is 0.706. The van der Waals surface area contributed by atoms with Crippen LogP contribution in [-0.4, -0.2) is 40.7 Å². The molecule has 106 valence electrons. The zero-order chi connectivity index (χ0) is 14.6. The molecule has 0 aliphatic heterocycles. The van der Waals surface area contributed by atoms with Gasteiger partial charge < -0.3 is 20.8 Å². The summed E-state index contributed by atoms with van der Waals surface area (Å²) in [4.78, 5) is 13.6. The number of aromatic hydroxyl groups is 2. The summed E-state index contributed by atoms with van der Waals surface area (Å²) >= 11 is 0. The second-order valence-corrected chi connectivity index (χ2v) is 5.10. The molecule has 0 saturated carbocycles. The molecule has 0 saturated heterocycles. The molecule has 19 heavy (non-hydrogen) atoms. The number of phenolic OH excluding ortho intramolecular Hbond substituents is 2. The van der Waals surface area contributed by atoms with Gasteiger partial charge in [0.25, 0.3) is 5.91 Å². The molecular formula is C14H22N2O3. The van der Waals surface area contributed by atoms with Crippen LogP contribution in [0.2, 0.25) is 0 Å². The average molecular weight is 266 g/mol. The molecule has 4 N–H and O–H groups in total. The topological polar surface area (TPSA) is 86.8 Å². The van der Waals surface area contributed by atoms with E-state index in [0.29, 0.717) is 18.9 Å². The monoisotopic (exact) mass is 266 g/mol. The van der Waals surface area contributed by atoms with E-state index < -0.39 is 0 Å². The van der Waals surface area contributed by atoms with E-state index in [4.69, 9.17) is 5.73 Å². The number of nitrogens with two attached hydrogens (primary N) is 1. The highest BCUT2D eigenvalue weighted by Gasteiger charge is 2.18. The van der Waals surface area contributed by atoms with Crippen molar-refractivity contribution in [1.82, 2.24) is 4.90 Å². The van der Waals surface area contributed by atoms with Gasteiger partial charge >= 0.3 is 0 Å². The van der Waals surface area contributed by atoms with Gasteiger partial charge in [-0.25, -0.2) is 0 Å². The molecule has 0 radical (unpaired) electrons. The minimum Gasteiger partial charge on any atom is -0.504 e. The van der Waals surface area contributed by atoms with Crippen LogP contribution >= 0.6 is 0 Å². The van der Waals surface area contributed by atoms with Gasteiger partial charge in [0, 0.05) is 19.6 Å². The lowest BCUT2D eigenvalue weighted by Gasteiger charge is -2.22. The van der Waals surface area contributed by atoms with Gasteiger partial charge in [0.1, 0.15) is 0 Å². The first kappa shape index (κ1) is 15.3. The first-order chi connectivity index (χ1) is 8.84. The van der Waals surface area contributed by atoms with Crippen molar-refractivity contribution in [1.29, 1.82) is 0 Å². The number of nitrogens with zero attached hydrogens (tertiary/aromatic N) is 1. The molecule has 0 aromatic heterocycles. The third-order valence-corrected chi connectivity index (χ3v) is 3.25. The summed E-state index contributed by atoms with van der Waals surface area (Å²) < 4.78 is 0. The van der Waals surface area contributed by atoms with Crippen LogP contribution in [0.5, 0.6) is 11.5 Å². The fraction of sp³-hybridized carbons (Fsp3) is 0.500. The number of benzene rings is 1. The Bertz CT molecular complexity index is 446. The predicted molar refractivity (Wildman–Crippen MR) is 74.2 cm³/mol. The Hall–Kier alpha value is -1.75. The first-order valence-corrected chi connectivity index (χ1v) is 6.36. The lowest BCUT2D eigenvalue weighted by molar-refractivity contribution is 0.0785. The smallest absolute Gasteiger partial charge is 0.257 e. The van der Waals surface area contributed by atoms with Crippen molar-refractivity contribution in [3.63, 3.8) is 0 Å². The number of carbonyl (C=O) groups excluding carboxylic acids is 1. The summed E-state index contributed by atoms with van der Waals surface area (Å²) in [5.41, 5.74) is 6.03. The number of carbonyl (C=O) groups is 1. The van der Waals surface area contributed by atoms with Crippen LogP contribution in [0.15, 0.2) is 18.2 Å². The Kier molecular flexibility index (Phi) is 5.18. The first-order valence-electron chi connectivity index (χ1n) is 6.36. The highest BCUT2D eigenvalue weighted by molar-refractivity contribution is 5.97. The molecule has 1 atom stereocenters. The van der Waals surface area contributed by atoms with Gasteiger partial charge in [0.15, 0.2) is 11.5 Å². The Morgan fingerprint density at radius 3 is 2.58 bits per heavy atom. The number of hydrogen-bond acceptors (Lipinski definition) is 4. The summed E-state index contributed by atoms with van der Waals surface area (Å²) in [5, 5.41) is 19.0. The van der Waals surface area contributed by atoms with Crippen LogP contribution in [0.4, 0.5) is 0 Å². The molecule has 1 rings (SSSR count). The molecule has 1 aromatic carbocycles. The molecule has 5 nitrogen and oxygen atoms in total. The van der Waals surface area contributed by atoms with Gasteiger partial charge in [0.2, 0.25) is 0 Å². The van der Waals surface area contributed by atoms with E-state index in [0.717, 1.165) is 0 Å². The Balaban J connectivity index is 2.69. The van der Waals surface area contributed by atoms with Crippen molar-refractivity contribution < 1.29 is 15.0 Å². The number of phenols is 2. The molecular weight excluding hydrogens is 244 g/mol. The average Bonchev–Trinajstić information content (AvgIpc) is 2.37. The van der Waals surface area contributed by atoms with Crippen molar-refractivity contribution in [2.24, 2.45) is 11.7 Å². The summed E-state index contributed by atoms with van der Waals surface area (Å²) in [6, 6.07) is 4.38. The maximum Gasteiger partial charge on any atom is 0.257 e. The zero-order valence-corrected chi connectivity index (χ0v) is 11.6. The standard InChI is InChI=1S/C14H22N2O3/c1-9(2)11(15)7-8-16(3)14(19)10-5-4-6-12(17)13(10)18/h4-6,9,11,17-18H,7-8,15H2,1-3H3. The number of rotatable bonds is 5. The predicted octanol–water partition coefficient (Wildman–Crippen LogP) is 1.54. The van der Waals surface area contributed by atoms with E-state index in [-0.39, 0.29) is 29.0 Å². The molecule has 0 aliphatic rings. The number of amides is 1. The lowest BCUT2D eigenvalue weighted by atomic mass is 10.0. The van der Waals surface area contributed by atoms with Gasteiger partial charge in [-0.05, 0) is 24.5 Å². The SMILES string of the molecule is CC(C)C(N)CCN(C)C(=O)c1cccc(O)c1O. The van der Waals surface area contributed by atoms with E-state index in [1.807, 2.05) is 13.8 Å². The molecule has 0 spiro atoms. The molecule has 0 heterocycles. The van der Waals surface area contributed by atoms with Crippen LogP contribution < -0.4 is 5.73 Å². The fourth-order valence-electron chi connectivity index (χ4n) is 1.69. The van der Waals surface area contributed by atoms with Gasteiger partial charge in [-0.2, -0.15) is 0 Å². The molecule has 5 heteroatoms. The van der Waals surface area contributed by atoms with Crippen molar-refractivity contribution >= 4 is 5.91 Å². The normalized spacial score (nSPS) is 12.5. The van der Waals surface area contributed by atoms with Crippen LogP contribution in [0, 0.1) is 5.92 Å². The third-order valence-electron chi connectivity index (χ3n) is 3.25. The van der Waals surface area contributed by atoms with Gasteiger partial charge in [-0.15, -0.1) is 0 Å². The summed E-state index contributed by atoms with van der Waals surface area (Å²) in [6.45, 7) is 4.58. The second-order valence-electron chi connectivity index (χ2n) is 5.10. The lowest BCUT2D eigenvalue weighted by Crippen LogP contribution is -2.34. The van der Waals surface area contributed by atoms with Crippen molar-refractivity contribution in [2.45, 2.75) is 26.3 Å². The Labute approximate surface area is 113 Å². The van der Waals surface area contributed by atoms with Crippen LogP contribution in [0.1, 0.15) is 30.6 Å². The minimum absolute atomic E-state index is 0.0352. The van der Waals surface area contributed by atoms with E-state index >= 15 is 0 Å². The van der Waals surface area contributed by atoms with Crippen molar-refractivity contribution in [3.05, 3.63) is 23.8 Å². The minimum atomic E-state index is -0.382. The largest absolute Gasteiger partial charge is 0.504 e. The second kappa shape index (κ2) is 6.43. The van der Waals surface area contributed by atoms with Crippen LogP contribution in [-0.2, 0) is 0 Å². The van der Waals surface area contributed by atoms with E-state index in [1.54, 1.807) is 7.05 Å². The Morgan fingerprint density at radius 2 is 2.00 bits per heavy atom. The molecule has 0 aliphatic carbocycles. The van der Waals surface area contributed by atoms with E-state index in [2.05, 4.69) is 0 Å². The maximum atomic E-state index is 12.1. The summed E-state index contributed by atoms with van der Waals surface area (Å²) in [5.74, 6) is -0.646. The fourth-order valence-corrected chi connectivity index (χ4v) is 1.69. The van der Waals surface area contributed by atoms with E-state index in [9.17, 15) is 15.0 Å². The zero-order valence-electron chi connectivity index (χ0n) is 11.6. The molecule has 0 fully saturated rings. The number of para-hydroxylation sites is 1. The third kappa shape index (κ3) is 3.86. The van der Waals surface area contributed by atoms with E-state index in [1.165, 1.54) is 23.1 Å². The number of hydrogen-bond donors (Lipinski definition) is 3. The van der Waals surface area contributed by atoms with Gasteiger partial charge in [-0.3, -0.25) is 4.79 Å². The summed E-state index contributed by atoms with van der Waals surface area (Å²) in [7, 11) is 1.65. The molecule has 1 amide bonds. The molecule has 0 bridgehead atoms. The Morgan fingerprint density at radius 1 is 1.37 bits per heavy atom. The maximum absolute atomic E-state index is 12.1. The highest BCUT2D eigenvalue weighted by Crippen LogP contribution is 2.28. The molecule has 1 unspecified atom stereocenters. The summed E-state index contributed by atoms with van der Waals surface area (Å²) in [6.07, 6.45) is 0.694. The molecule has 1 aromatic rings. The van der Waals surface area contributed by atoms with Crippen molar-refractivity contribution in [3.8, 4) is 11.5 Å². The van der Waals surface area contributed by atoms with Gasteiger partial charge in [-0.1, -0.05) is 19.9 Å². The van der Waals surface area contributed by atoms with Crippen LogP contribution in [0.25, 0.3) is 0 Å². The van der Waals surface area contributed by atoms with Crippen LogP contribution in [0.3, 0.4) is 0 Å².